The van der Waals surface area contributed by atoms with E-state index in [-0.39, 0.29) is 0 Å². The Bertz CT molecular complexity index is 271. The second-order valence-corrected chi connectivity index (χ2v) is 7.21. The first-order chi connectivity index (χ1) is 9.74. The Balaban J connectivity index is 2.00. The highest BCUT2D eigenvalue weighted by molar-refractivity contribution is 4.91. The number of nitrogens with zero attached hydrogens (tertiary/aromatic N) is 1. The highest BCUT2D eigenvalue weighted by Gasteiger charge is 2.37. The van der Waals surface area contributed by atoms with Crippen LogP contribution in [0.15, 0.2) is 0 Å². The van der Waals surface area contributed by atoms with Crippen molar-refractivity contribution < 1.29 is 0 Å². The van der Waals surface area contributed by atoms with Crippen LogP contribution in [-0.2, 0) is 0 Å². The zero-order chi connectivity index (χ0) is 14.4. The van der Waals surface area contributed by atoms with E-state index in [9.17, 15) is 0 Å². The zero-order valence-corrected chi connectivity index (χ0v) is 14.1. The van der Waals surface area contributed by atoms with Crippen LogP contribution >= 0.6 is 0 Å². The van der Waals surface area contributed by atoms with Crippen LogP contribution in [0.25, 0.3) is 0 Å². The molecular weight excluding hydrogens is 244 g/mol. The second-order valence-electron chi connectivity index (χ2n) is 7.21. The summed E-state index contributed by atoms with van der Waals surface area (Å²) in [6.45, 7) is 12.0. The molecule has 1 N–H and O–H groups in total. The number of hydrogen-bond donors (Lipinski definition) is 1. The SMILES string of the molecule is CCNCC(CC)(CC)CN1CCC[C@H]2CCCC[C@H]21. The van der Waals surface area contributed by atoms with Crippen LogP contribution in [0.5, 0.6) is 0 Å². The molecule has 2 aliphatic rings. The molecular formula is C18H36N2. The van der Waals surface area contributed by atoms with Crippen molar-refractivity contribution in [1.29, 1.82) is 0 Å². The highest BCUT2D eigenvalue weighted by Crippen LogP contribution is 2.38. The monoisotopic (exact) mass is 280 g/mol. The van der Waals surface area contributed by atoms with E-state index in [0.717, 1.165) is 18.5 Å². The van der Waals surface area contributed by atoms with Gasteiger partial charge in [-0.1, -0.05) is 33.6 Å². The summed E-state index contributed by atoms with van der Waals surface area (Å²) in [5.74, 6) is 1.02. The van der Waals surface area contributed by atoms with Crippen LogP contribution in [0.1, 0.15) is 72.1 Å². The molecule has 20 heavy (non-hydrogen) atoms. The molecule has 1 aliphatic carbocycles. The summed E-state index contributed by atoms with van der Waals surface area (Å²) in [4.78, 5) is 2.89. The van der Waals surface area contributed by atoms with Crippen molar-refractivity contribution in [2.75, 3.05) is 26.2 Å². The molecule has 1 saturated carbocycles. The predicted octanol–water partition coefficient (Wildman–Crippen LogP) is 4.06. The molecule has 2 heteroatoms. The quantitative estimate of drug-likeness (QED) is 0.756. The molecule has 1 aliphatic heterocycles. The van der Waals surface area contributed by atoms with Gasteiger partial charge in [0.05, 0.1) is 0 Å². The molecule has 2 nitrogen and oxygen atoms in total. The van der Waals surface area contributed by atoms with Crippen molar-refractivity contribution >= 4 is 0 Å². The lowest BCUT2D eigenvalue weighted by Crippen LogP contribution is -2.52. The van der Waals surface area contributed by atoms with Crippen LogP contribution < -0.4 is 5.32 Å². The van der Waals surface area contributed by atoms with Gasteiger partial charge >= 0.3 is 0 Å². The van der Waals surface area contributed by atoms with Crippen molar-refractivity contribution in [3.05, 3.63) is 0 Å². The lowest BCUT2D eigenvalue weighted by Gasteiger charge is -2.48. The fourth-order valence-electron chi connectivity index (χ4n) is 4.52. The Labute approximate surface area is 126 Å². The molecule has 118 valence electrons. The van der Waals surface area contributed by atoms with Gasteiger partial charge < -0.3 is 5.32 Å². The van der Waals surface area contributed by atoms with E-state index < -0.39 is 0 Å². The van der Waals surface area contributed by atoms with Gasteiger partial charge in [0, 0.05) is 19.1 Å². The van der Waals surface area contributed by atoms with E-state index in [0.29, 0.717) is 5.41 Å². The molecule has 0 bridgehead atoms. The summed E-state index contributed by atoms with van der Waals surface area (Å²) in [6, 6.07) is 0.914. The fourth-order valence-corrected chi connectivity index (χ4v) is 4.52. The van der Waals surface area contributed by atoms with Gasteiger partial charge in [0.1, 0.15) is 0 Å². The molecule has 0 aromatic heterocycles. The van der Waals surface area contributed by atoms with Crippen molar-refractivity contribution in [1.82, 2.24) is 10.2 Å². The van der Waals surface area contributed by atoms with E-state index in [1.807, 2.05) is 0 Å². The van der Waals surface area contributed by atoms with Gasteiger partial charge in [0.25, 0.3) is 0 Å². The maximum absolute atomic E-state index is 3.63. The summed E-state index contributed by atoms with van der Waals surface area (Å²) in [7, 11) is 0. The third kappa shape index (κ3) is 3.76. The van der Waals surface area contributed by atoms with Crippen molar-refractivity contribution in [2.24, 2.45) is 11.3 Å². The molecule has 0 unspecified atom stereocenters. The number of piperidine rings is 1. The topological polar surface area (TPSA) is 15.3 Å². The molecule has 2 rings (SSSR count). The van der Waals surface area contributed by atoms with Gasteiger partial charge in [-0.25, -0.2) is 0 Å². The van der Waals surface area contributed by atoms with Crippen molar-refractivity contribution in [3.8, 4) is 0 Å². The first kappa shape index (κ1) is 16.3. The van der Waals surface area contributed by atoms with Crippen LogP contribution in [0.4, 0.5) is 0 Å². The van der Waals surface area contributed by atoms with E-state index in [1.165, 1.54) is 71.0 Å². The van der Waals surface area contributed by atoms with Crippen LogP contribution in [0.3, 0.4) is 0 Å². The van der Waals surface area contributed by atoms with E-state index in [1.54, 1.807) is 0 Å². The normalized spacial score (nSPS) is 28.4. The standard InChI is InChI=1S/C18H36N2/c1-4-18(5-2,14-19-6-3)15-20-13-9-11-16-10-7-8-12-17(16)20/h16-17,19H,4-15H2,1-3H3/t16-,17-/m1/s1. The van der Waals surface area contributed by atoms with Gasteiger partial charge in [0.15, 0.2) is 0 Å². The minimum Gasteiger partial charge on any atom is -0.316 e. The number of nitrogens with one attached hydrogen (secondary N) is 1. The third-order valence-corrected chi connectivity index (χ3v) is 6.15. The Hall–Kier alpha value is -0.0800. The Morgan fingerprint density at radius 3 is 2.40 bits per heavy atom. The van der Waals surface area contributed by atoms with Crippen molar-refractivity contribution in [2.45, 2.75) is 78.2 Å². The average Bonchev–Trinajstić information content (AvgIpc) is 2.52. The smallest absolute Gasteiger partial charge is 0.0124 e. The van der Waals surface area contributed by atoms with Gasteiger partial charge in [0.2, 0.25) is 0 Å². The largest absolute Gasteiger partial charge is 0.316 e. The van der Waals surface area contributed by atoms with Gasteiger partial charge in [-0.3, -0.25) is 4.90 Å². The Kier molecular flexibility index (Phi) is 6.35. The van der Waals surface area contributed by atoms with Gasteiger partial charge in [-0.15, -0.1) is 0 Å². The lowest BCUT2D eigenvalue weighted by atomic mass is 9.75. The Morgan fingerprint density at radius 1 is 1.00 bits per heavy atom. The maximum Gasteiger partial charge on any atom is 0.0124 e. The third-order valence-electron chi connectivity index (χ3n) is 6.15. The summed E-state index contributed by atoms with van der Waals surface area (Å²) in [5.41, 5.74) is 0.495. The van der Waals surface area contributed by atoms with Gasteiger partial charge in [-0.05, 0) is 62.9 Å². The van der Waals surface area contributed by atoms with E-state index >= 15 is 0 Å². The highest BCUT2D eigenvalue weighted by atomic mass is 15.2. The lowest BCUT2D eigenvalue weighted by molar-refractivity contribution is 0.0202. The van der Waals surface area contributed by atoms with Crippen molar-refractivity contribution in [3.63, 3.8) is 0 Å². The van der Waals surface area contributed by atoms with Crippen LogP contribution in [0.2, 0.25) is 0 Å². The van der Waals surface area contributed by atoms with Crippen LogP contribution in [-0.4, -0.2) is 37.1 Å². The first-order valence-electron chi connectivity index (χ1n) is 9.19. The summed E-state index contributed by atoms with van der Waals surface area (Å²) in [6.07, 6.45) is 11.5. The number of fused-ring (bicyclic) bond motifs is 1. The minimum atomic E-state index is 0.495. The molecule has 0 radical (unpaired) electrons. The predicted molar refractivity (Wildman–Crippen MR) is 88.1 cm³/mol. The van der Waals surface area contributed by atoms with Crippen LogP contribution in [0, 0.1) is 11.3 Å². The molecule has 2 atom stereocenters. The molecule has 0 amide bonds. The molecule has 1 heterocycles. The second kappa shape index (κ2) is 7.79. The van der Waals surface area contributed by atoms with Gasteiger partial charge in [-0.2, -0.15) is 0 Å². The maximum atomic E-state index is 3.63. The number of hydrogen-bond acceptors (Lipinski definition) is 2. The molecule has 0 spiro atoms. The molecule has 0 aromatic rings. The summed E-state index contributed by atoms with van der Waals surface area (Å²) in [5, 5.41) is 3.63. The van der Waals surface area contributed by atoms with E-state index in [2.05, 4.69) is 31.0 Å². The molecule has 1 saturated heterocycles. The summed E-state index contributed by atoms with van der Waals surface area (Å²) >= 11 is 0. The fraction of sp³-hybridized carbons (Fsp3) is 1.00. The Morgan fingerprint density at radius 2 is 1.70 bits per heavy atom. The first-order valence-corrected chi connectivity index (χ1v) is 9.19. The van der Waals surface area contributed by atoms with E-state index in [4.69, 9.17) is 0 Å². The number of rotatable bonds is 7. The average molecular weight is 280 g/mol. The molecule has 2 fully saturated rings. The number of likely N-dealkylation sites (tertiary alicyclic amines) is 1. The molecule has 0 aromatic carbocycles. The minimum absolute atomic E-state index is 0.495. The summed E-state index contributed by atoms with van der Waals surface area (Å²) < 4.78 is 0. The zero-order valence-electron chi connectivity index (χ0n) is 14.1.